The van der Waals surface area contributed by atoms with Gasteiger partial charge in [-0.1, -0.05) is 45.2 Å². The van der Waals surface area contributed by atoms with E-state index in [-0.39, 0.29) is 17.2 Å². The molecule has 0 radical (unpaired) electrons. The number of rotatable bonds is 7. The number of nitrogens with zero attached hydrogens (tertiary/aromatic N) is 3. The summed E-state index contributed by atoms with van der Waals surface area (Å²) in [5.74, 6) is -0.338. The van der Waals surface area contributed by atoms with Crippen LogP contribution in [0.1, 0.15) is 56.0 Å². The predicted molar refractivity (Wildman–Crippen MR) is 130 cm³/mol. The van der Waals surface area contributed by atoms with Crippen LogP contribution in [0.15, 0.2) is 59.4 Å². The van der Waals surface area contributed by atoms with Crippen molar-refractivity contribution in [3.05, 3.63) is 71.8 Å². The molecule has 0 spiro atoms. The Morgan fingerprint density at radius 1 is 1.32 bits per heavy atom. The van der Waals surface area contributed by atoms with Crippen molar-refractivity contribution in [1.82, 2.24) is 4.98 Å². The van der Waals surface area contributed by atoms with Crippen LogP contribution in [0.5, 0.6) is 0 Å². The second kappa shape index (κ2) is 8.50. The van der Waals surface area contributed by atoms with Gasteiger partial charge in [0.25, 0.3) is 0 Å². The predicted octanol–water partition coefficient (Wildman–Crippen LogP) is 6.04. The molecule has 5 nitrogen and oxygen atoms in total. The van der Waals surface area contributed by atoms with E-state index >= 15 is 0 Å². The molecule has 3 rings (SSSR count). The van der Waals surface area contributed by atoms with Crippen LogP contribution >= 0.6 is 0 Å². The molecule has 1 aliphatic rings. The Hall–Kier alpha value is -3.21. The number of ether oxygens (including phenoxy) is 1. The summed E-state index contributed by atoms with van der Waals surface area (Å²) in [5, 5.41) is 12.0. The summed E-state index contributed by atoms with van der Waals surface area (Å²) in [6, 6.07) is 5.81. The van der Waals surface area contributed by atoms with Gasteiger partial charge >= 0.3 is 0 Å². The van der Waals surface area contributed by atoms with Gasteiger partial charge in [-0.3, -0.25) is 9.98 Å². The van der Waals surface area contributed by atoms with E-state index in [1.165, 1.54) is 19.7 Å². The molecule has 5 heteroatoms. The van der Waals surface area contributed by atoms with Gasteiger partial charge in [0, 0.05) is 22.1 Å². The molecule has 0 saturated heterocycles. The number of hydrogen-bond donors (Lipinski definition) is 1. The van der Waals surface area contributed by atoms with Crippen molar-refractivity contribution < 1.29 is 9.84 Å². The molecule has 1 N–H and O–H groups in total. The minimum absolute atomic E-state index is 0.102. The first-order valence-corrected chi connectivity index (χ1v) is 10.4. The van der Waals surface area contributed by atoms with Crippen LogP contribution in [0.25, 0.3) is 16.5 Å². The molecule has 31 heavy (non-hydrogen) atoms. The first kappa shape index (κ1) is 22.5. The van der Waals surface area contributed by atoms with E-state index in [4.69, 9.17) is 9.72 Å². The van der Waals surface area contributed by atoms with Gasteiger partial charge in [-0.25, -0.2) is 4.99 Å². The van der Waals surface area contributed by atoms with Crippen molar-refractivity contribution >= 4 is 28.5 Å². The van der Waals surface area contributed by atoms with Crippen molar-refractivity contribution in [2.24, 2.45) is 9.98 Å². The molecular weight excluding hydrogens is 386 g/mol. The maximum atomic E-state index is 11.0. The molecule has 0 saturated carbocycles. The highest BCUT2D eigenvalue weighted by Gasteiger charge is 2.45. The largest absolute Gasteiger partial charge is 0.508 e. The Bertz CT molecular complexity index is 1140. The number of aliphatic hydroxyl groups is 1. The number of para-hydroxylation sites is 1. The Labute approximate surface area is 184 Å². The van der Waals surface area contributed by atoms with E-state index in [9.17, 15) is 5.11 Å². The van der Waals surface area contributed by atoms with Gasteiger partial charge < -0.3 is 9.84 Å². The second-order valence-electron chi connectivity index (χ2n) is 8.56. The number of aliphatic hydroxyl groups excluding tert-OH is 1. The fourth-order valence-electron chi connectivity index (χ4n) is 4.13. The van der Waals surface area contributed by atoms with Crippen molar-refractivity contribution in [2.45, 2.75) is 52.0 Å². The van der Waals surface area contributed by atoms with Crippen LogP contribution in [-0.4, -0.2) is 35.3 Å². The van der Waals surface area contributed by atoms with Gasteiger partial charge in [0.05, 0.1) is 30.3 Å². The maximum absolute atomic E-state index is 11.0. The van der Waals surface area contributed by atoms with Crippen LogP contribution in [0.3, 0.4) is 0 Å². The zero-order valence-corrected chi connectivity index (χ0v) is 19.2. The molecule has 1 aromatic heterocycles. The van der Waals surface area contributed by atoms with Gasteiger partial charge in [0.15, 0.2) is 0 Å². The molecule has 0 fully saturated rings. The first-order chi connectivity index (χ1) is 14.6. The minimum atomic E-state index is -0.440. The maximum Gasteiger partial charge on any atom is 0.136 e. The van der Waals surface area contributed by atoms with Crippen LogP contribution in [0.4, 0.5) is 0 Å². The van der Waals surface area contributed by atoms with Crippen molar-refractivity contribution in [2.75, 3.05) is 7.11 Å². The van der Waals surface area contributed by atoms with Crippen LogP contribution in [0, 0.1) is 6.92 Å². The number of aliphatic imine (C=N–C) groups is 2. The lowest BCUT2D eigenvalue weighted by Crippen LogP contribution is -2.35. The summed E-state index contributed by atoms with van der Waals surface area (Å²) in [4.78, 5) is 13.9. The smallest absolute Gasteiger partial charge is 0.136 e. The van der Waals surface area contributed by atoms with Crippen molar-refractivity contribution in [3.8, 4) is 0 Å². The number of pyridine rings is 1. The molecule has 0 amide bonds. The normalized spacial score (nSPS) is 17.9. The Morgan fingerprint density at radius 2 is 2.03 bits per heavy atom. The molecule has 0 aliphatic heterocycles. The third-order valence-electron chi connectivity index (χ3n) is 6.12. The molecule has 2 aromatic rings. The summed E-state index contributed by atoms with van der Waals surface area (Å²) in [6.07, 6.45) is 4.56. The zero-order valence-electron chi connectivity index (χ0n) is 19.2. The summed E-state index contributed by atoms with van der Waals surface area (Å²) in [5.41, 5.74) is 6.58. The summed E-state index contributed by atoms with van der Waals surface area (Å²) in [6.45, 7) is 18.2. The first-order valence-electron chi connectivity index (χ1n) is 10.4. The molecule has 0 bridgehead atoms. The summed E-state index contributed by atoms with van der Waals surface area (Å²) >= 11 is 0. The molecule has 1 aliphatic carbocycles. The third-order valence-corrected chi connectivity index (χ3v) is 6.12. The van der Waals surface area contributed by atoms with E-state index in [2.05, 4.69) is 50.0 Å². The number of fused-ring (bicyclic) bond motifs is 2. The van der Waals surface area contributed by atoms with Gasteiger partial charge in [-0.05, 0) is 43.5 Å². The number of allylic oxidation sites excluding steroid dienone is 2. The Kier molecular flexibility index (Phi) is 6.16. The quantitative estimate of drug-likeness (QED) is 0.339. The summed E-state index contributed by atoms with van der Waals surface area (Å²) in [7, 11) is 1.52. The average molecular weight is 418 g/mol. The Morgan fingerprint density at radius 3 is 2.68 bits per heavy atom. The SMILES string of the molecule is C=C/C(C)=N/C=N/C(C)C(/C(O)=C/OC)c1c2c(nc3c(C)cccc13)C(C)(C)C2=C. The van der Waals surface area contributed by atoms with Gasteiger partial charge in [-0.2, -0.15) is 0 Å². The number of hydrogen-bond acceptors (Lipinski definition) is 4. The van der Waals surface area contributed by atoms with Crippen molar-refractivity contribution in [1.29, 1.82) is 0 Å². The Balaban J connectivity index is 2.30. The molecule has 2 atom stereocenters. The zero-order chi connectivity index (χ0) is 22.9. The van der Waals surface area contributed by atoms with Crippen molar-refractivity contribution in [3.63, 3.8) is 0 Å². The number of aryl methyl sites for hydroxylation is 1. The lowest BCUT2D eigenvalue weighted by Gasteiger charge is -2.43. The fraction of sp³-hybridized carbons (Fsp3) is 0.346. The van der Waals surface area contributed by atoms with Gasteiger partial charge in [0.2, 0.25) is 0 Å². The molecular formula is C26H31N3O2. The second-order valence-corrected chi connectivity index (χ2v) is 8.56. The van der Waals surface area contributed by atoms with Crippen LogP contribution < -0.4 is 0 Å². The molecule has 1 heterocycles. The minimum Gasteiger partial charge on any atom is -0.508 e. The monoisotopic (exact) mass is 417 g/mol. The number of methoxy groups -OCH3 is 1. The van der Waals surface area contributed by atoms with Crippen LogP contribution in [-0.2, 0) is 10.2 Å². The standard InChI is InChI=1S/C26H31N3O2/c1-9-16(3)27-14-28-18(5)22(20(30)13-31-8)23-19-12-10-11-15(2)24(19)29-25-21(23)17(4)26(25,6)7/h9-14,18,22,30H,1,4H2,2-3,5-8H3/b20-13-,27-16+,28-14+. The summed E-state index contributed by atoms with van der Waals surface area (Å²) < 4.78 is 5.17. The van der Waals surface area contributed by atoms with Gasteiger partial charge in [0.1, 0.15) is 18.4 Å². The molecule has 2 unspecified atom stereocenters. The lowest BCUT2D eigenvalue weighted by atomic mass is 9.62. The highest BCUT2D eigenvalue weighted by molar-refractivity contribution is 5.98. The lowest BCUT2D eigenvalue weighted by molar-refractivity contribution is 0.275. The van der Waals surface area contributed by atoms with E-state index in [1.807, 2.05) is 26.0 Å². The van der Waals surface area contributed by atoms with E-state index in [1.54, 1.807) is 6.08 Å². The molecule has 1 aromatic carbocycles. The van der Waals surface area contributed by atoms with Crippen LogP contribution in [0.2, 0.25) is 0 Å². The topological polar surface area (TPSA) is 67.1 Å². The highest BCUT2D eigenvalue weighted by Crippen LogP contribution is 2.54. The van der Waals surface area contributed by atoms with E-state index in [0.717, 1.165) is 44.6 Å². The highest BCUT2D eigenvalue weighted by atomic mass is 16.5. The van der Waals surface area contributed by atoms with E-state index in [0.29, 0.717) is 0 Å². The number of aromatic nitrogens is 1. The number of benzene rings is 1. The average Bonchev–Trinajstić information content (AvgIpc) is 2.73. The third kappa shape index (κ3) is 3.80. The van der Waals surface area contributed by atoms with E-state index < -0.39 is 5.92 Å². The molecule has 162 valence electrons. The van der Waals surface area contributed by atoms with Gasteiger partial charge in [-0.15, -0.1) is 0 Å². The fourth-order valence-corrected chi connectivity index (χ4v) is 4.13.